The second kappa shape index (κ2) is 6.51. The summed E-state index contributed by atoms with van der Waals surface area (Å²) in [5.74, 6) is -2.96. The minimum Gasteiger partial charge on any atom is -0.469 e. The molecule has 0 fully saturated rings. The summed E-state index contributed by atoms with van der Waals surface area (Å²) < 4.78 is 54.5. The normalized spacial score (nSPS) is 13.0. The van der Waals surface area contributed by atoms with Crippen LogP contribution in [0.15, 0.2) is 33.5 Å². The van der Waals surface area contributed by atoms with Crippen molar-refractivity contribution in [2.45, 2.75) is 17.5 Å². The molecule has 1 aromatic rings. The molecule has 0 spiro atoms. The summed E-state index contributed by atoms with van der Waals surface area (Å²) in [7, 11) is -1.69. The number of carbonyl (C=O) groups is 2. The van der Waals surface area contributed by atoms with E-state index in [0.29, 0.717) is 5.56 Å². The van der Waals surface area contributed by atoms with Gasteiger partial charge in [-0.3, -0.25) is 9.59 Å². The quantitative estimate of drug-likeness (QED) is 0.678. The Balaban J connectivity index is 3.00. The van der Waals surface area contributed by atoms with E-state index in [-0.39, 0.29) is 11.3 Å². The van der Waals surface area contributed by atoms with Gasteiger partial charge in [-0.1, -0.05) is 12.1 Å². The summed E-state index contributed by atoms with van der Waals surface area (Å²) in [4.78, 5) is 21.6. The number of rotatable bonds is 3. The van der Waals surface area contributed by atoms with E-state index in [1.165, 1.54) is 31.4 Å². The summed E-state index contributed by atoms with van der Waals surface area (Å²) in [5.41, 5.74) is 0.396. The van der Waals surface area contributed by atoms with E-state index in [1.807, 2.05) is 0 Å². The predicted molar refractivity (Wildman–Crippen MR) is 63.5 cm³/mol. The number of nitrogens with zero attached hydrogens (tertiary/aromatic N) is 1. The molecule has 1 amide bonds. The molecule has 0 saturated carbocycles. The van der Waals surface area contributed by atoms with Gasteiger partial charge >= 0.3 is 18.1 Å². The smallest absolute Gasteiger partial charge is 0.469 e. The second-order valence-electron chi connectivity index (χ2n) is 3.60. The maximum absolute atomic E-state index is 12.0. The first-order valence-corrected chi connectivity index (χ1v) is 6.41. The molecule has 20 heavy (non-hydrogen) atoms. The fourth-order valence-corrected chi connectivity index (χ4v) is 2.10. The van der Waals surface area contributed by atoms with Gasteiger partial charge in [-0.25, -0.2) is 4.21 Å². The zero-order valence-corrected chi connectivity index (χ0v) is 11.1. The highest BCUT2D eigenvalue weighted by Gasteiger charge is 2.38. The number of methoxy groups -OCH3 is 1. The molecule has 0 aromatic heterocycles. The molecule has 0 aliphatic rings. The van der Waals surface area contributed by atoms with Crippen LogP contribution >= 0.6 is 0 Å². The summed E-state index contributed by atoms with van der Waals surface area (Å²) in [6.07, 6.45) is -5.28. The van der Waals surface area contributed by atoms with Gasteiger partial charge in [-0.05, 0) is 17.7 Å². The first-order valence-electron chi connectivity index (χ1n) is 5.20. The Bertz CT molecular complexity index is 606. The van der Waals surface area contributed by atoms with Crippen LogP contribution in [0.5, 0.6) is 0 Å². The van der Waals surface area contributed by atoms with Crippen LogP contribution in [0.25, 0.3) is 0 Å². The third kappa shape index (κ3) is 4.65. The molecule has 0 radical (unpaired) electrons. The van der Waals surface area contributed by atoms with Crippen LogP contribution in [-0.2, 0) is 31.3 Å². The number of thiol groups is 1. The molecule has 110 valence electrons. The van der Waals surface area contributed by atoms with Crippen molar-refractivity contribution in [1.82, 2.24) is 0 Å². The first-order chi connectivity index (χ1) is 9.24. The zero-order valence-electron chi connectivity index (χ0n) is 10.2. The highest BCUT2D eigenvalue weighted by molar-refractivity contribution is 7.75. The summed E-state index contributed by atoms with van der Waals surface area (Å²) in [6, 6.07) is 5.40. The summed E-state index contributed by atoms with van der Waals surface area (Å²) in [6.45, 7) is 0. The van der Waals surface area contributed by atoms with Crippen molar-refractivity contribution in [3.63, 3.8) is 0 Å². The molecule has 0 saturated heterocycles. The topological polar surface area (TPSA) is 72.8 Å². The fourth-order valence-electron chi connectivity index (χ4n) is 1.22. The number of esters is 1. The van der Waals surface area contributed by atoms with E-state index in [1.54, 1.807) is 0 Å². The van der Waals surface area contributed by atoms with Crippen LogP contribution in [0.3, 0.4) is 0 Å². The summed E-state index contributed by atoms with van der Waals surface area (Å²) in [5, 5.41) is 0. The van der Waals surface area contributed by atoms with Crippen molar-refractivity contribution in [2.75, 3.05) is 7.11 Å². The van der Waals surface area contributed by atoms with E-state index in [0.717, 1.165) is 0 Å². The van der Waals surface area contributed by atoms with E-state index in [2.05, 4.69) is 9.10 Å². The van der Waals surface area contributed by atoms with E-state index >= 15 is 0 Å². The van der Waals surface area contributed by atoms with E-state index < -0.39 is 28.6 Å². The molecular formula is C11H10F3NO4S. The monoisotopic (exact) mass is 309 g/mol. The number of hydrogen-bond acceptors (Lipinski definition) is 4. The van der Waals surface area contributed by atoms with Gasteiger partial charge in [0.15, 0.2) is 0 Å². The number of amides is 1. The molecule has 1 aromatic carbocycles. The van der Waals surface area contributed by atoms with Crippen LogP contribution in [0.2, 0.25) is 0 Å². The van der Waals surface area contributed by atoms with Gasteiger partial charge in [0.1, 0.15) is 0 Å². The van der Waals surface area contributed by atoms with Crippen molar-refractivity contribution in [3.05, 3.63) is 29.8 Å². The van der Waals surface area contributed by atoms with Crippen LogP contribution in [0.4, 0.5) is 13.2 Å². The highest BCUT2D eigenvalue weighted by atomic mass is 32.2. The maximum Gasteiger partial charge on any atom is 0.474 e. The lowest BCUT2D eigenvalue weighted by Gasteiger charge is -2.02. The average Bonchev–Trinajstić information content (AvgIpc) is 2.37. The second-order valence-corrected chi connectivity index (χ2v) is 4.86. The standard InChI is InChI=1S/C11H10F3NO4S/c1-19-9(16)6-7-3-2-4-8(5-7)20(18)15-10(17)11(12,13)14/h2-5,20H,6H2,1H3. The van der Waals surface area contributed by atoms with Gasteiger partial charge in [0.05, 0.1) is 24.1 Å². The van der Waals surface area contributed by atoms with Crippen molar-refractivity contribution in [3.8, 4) is 0 Å². The number of ether oxygens (including phenoxy) is 1. The van der Waals surface area contributed by atoms with Crippen LogP contribution < -0.4 is 0 Å². The molecule has 1 rings (SSSR count). The lowest BCUT2D eigenvalue weighted by Crippen LogP contribution is -2.20. The minimum atomic E-state index is -5.16. The van der Waals surface area contributed by atoms with Crippen molar-refractivity contribution < 1.29 is 31.7 Å². The molecule has 9 heteroatoms. The molecule has 0 N–H and O–H groups in total. The third-order valence-electron chi connectivity index (χ3n) is 2.13. The lowest BCUT2D eigenvalue weighted by atomic mass is 10.1. The molecule has 0 aliphatic heterocycles. The van der Waals surface area contributed by atoms with Gasteiger partial charge in [-0.2, -0.15) is 17.5 Å². The average molecular weight is 309 g/mol. The van der Waals surface area contributed by atoms with Gasteiger partial charge in [0.25, 0.3) is 0 Å². The molecule has 1 atom stereocenters. The van der Waals surface area contributed by atoms with Crippen molar-refractivity contribution in [2.24, 2.45) is 4.36 Å². The van der Waals surface area contributed by atoms with Crippen molar-refractivity contribution >= 4 is 22.5 Å². The molecule has 1 unspecified atom stereocenters. The van der Waals surface area contributed by atoms with Crippen LogP contribution in [0, 0.1) is 0 Å². The lowest BCUT2D eigenvalue weighted by molar-refractivity contribution is -0.169. The third-order valence-corrected chi connectivity index (χ3v) is 3.21. The Morgan fingerprint density at radius 1 is 1.35 bits per heavy atom. The van der Waals surface area contributed by atoms with Crippen molar-refractivity contribution in [1.29, 1.82) is 0 Å². The van der Waals surface area contributed by atoms with Gasteiger partial charge in [0.2, 0.25) is 0 Å². The Kier molecular flexibility index (Phi) is 5.26. The summed E-state index contributed by atoms with van der Waals surface area (Å²) >= 11 is 0. The zero-order chi connectivity index (χ0) is 15.3. The van der Waals surface area contributed by atoms with Crippen LogP contribution in [-0.4, -0.2) is 29.4 Å². The molecule has 0 aliphatic carbocycles. The molecule has 0 heterocycles. The Morgan fingerprint density at radius 2 is 2.00 bits per heavy atom. The van der Waals surface area contributed by atoms with Gasteiger partial charge < -0.3 is 4.74 Å². The van der Waals surface area contributed by atoms with E-state index in [4.69, 9.17) is 0 Å². The maximum atomic E-state index is 12.0. The number of benzene rings is 1. The first kappa shape index (κ1) is 16.2. The molecule has 5 nitrogen and oxygen atoms in total. The minimum absolute atomic E-state index is 0.0704. The van der Waals surface area contributed by atoms with Gasteiger partial charge in [0, 0.05) is 4.90 Å². The SMILES string of the molecule is COC(=O)Cc1cccc(/[SH](=O)=N/C(=O)C(F)(F)F)c1. The molecule has 0 bridgehead atoms. The largest absolute Gasteiger partial charge is 0.474 e. The highest BCUT2D eigenvalue weighted by Crippen LogP contribution is 2.17. The number of carbonyl (C=O) groups excluding carboxylic acids is 2. The number of alkyl halides is 3. The predicted octanol–water partition coefficient (Wildman–Crippen LogP) is 1.51. The van der Waals surface area contributed by atoms with Gasteiger partial charge in [-0.15, -0.1) is 0 Å². The Morgan fingerprint density at radius 3 is 2.55 bits per heavy atom. The van der Waals surface area contributed by atoms with E-state index in [9.17, 15) is 27.0 Å². The van der Waals surface area contributed by atoms with Crippen LogP contribution in [0.1, 0.15) is 5.56 Å². The molecular weight excluding hydrogens is 299 g/mol. The fraction of sp³-hybridized carbons (Fsp3) is 0.273. The number of hydrogen-bond donors (Lipinski definition) is 1. The number of halogens is 3. The Hall–Kier alpha value is -1.90. The Labute approximate surface area is 113 Å².